The van der Waals surface area contributed by atoms with Crippen molar-refractivity contribution < 1.29 is 9.63 Å². The number of aryl methyl sites for hydroxylation is 1. The van der Waals surface area contributed by atoms with Gasteiger partial charge in [0.05, 0.1) is 18.6 Å². The van der Waals surface area contributed by atoms with E-state index < -0.39 is 0 Å². The van der Waals surface area contributed by atoms with Crippen LogP contribution in [0, 0.1) is 13.8 Å². The molecule has 1 amide bonds. The van der Waals surface area contributed by atoms with E-state index in [1.54, 1.807) is 13.2 Å². The molecule has 2 rings (SSSR count). The predicted molar refractivity (Wildman–Crippen MR) is 83.5 cm³/mol. The Morgan fingerprint density at radius 1 is 1.43 bits per heavy atom. The van der Waals surface area contributed by atoms with E-state index in [1.165, 1.54) is 35.1 Å². The quantitative estimate of drug-likeness (QED) is 0.629. The van der Waals surface area contributed by atoms with Crippen molar-refractivity contribution in [1.82, 2.24) is 14.6 Å². The average molecular weight is 305 g/mol. The third-order valence-electron chi connectivity index (χ3n) is 3.39. The fourth-order valence-electron chi connectivity index (χ4n) is 1.90. The zero-order valence-electron chi connectivity index (χ0n) is 12.7. The number of carbonyl (C=O) groups is 1. The summed E-state index contributed by atoms with van der Waals surface area (Å²) < 4.78 is 2.01. The molecule has 0 aliphatic carbocycles. The van der Waals surface area contributed by atoms with Gasteiger partial charge in [0, 0.05) is 19.4 Å². The van der Waals surface area contributed by atoms with Crippen molar-refractivity contribution in [2.45, 2.75) is 19.0 Å². The molecule has 0 bridgehead atoms. The molecule has 0 aliphatic heterocycles. The number of nitrogens with zero attached hydrogens (tertiary/aromatic N) is 3. The number of hydrogen-bond donors (Lipinski definition) is 0. The van der Waals surface area contributed by atoms with E-state index in [0.29, 0.717) is 0 Å². The van der Waals surface area contributed by atoms with Crippen LogP contribution in [0.3, 0.4) is 0 Å². The lowest BCUT2D eigenvalue weighted by atomic mass is 10.1. The molecule has 0 aliphatic rings. The molecule has 5 nitrogen and oxygen atoms in total. The van der Waals surface area contributed by atoms with E-state index in [2.05, 4.69) is 31.0 Å². The van der Waals surface area contributed by atoms with E-state index in [4.69, 9.17) is 4.84 Å². The molecule has 0 unspecified atom stereocenters. The van der Waals surface area contributed by atoms with Gasteiger partial charge in [0.2, 0.25) is 0 Å². The maximum Gasteiger partial charge on any atom is 0.256 e. The maximum atomic E-state index is 11.8. The van der Waals surface area contributed by atoms with Gasteiger partial charge in [-0.25, -0.2) is 10.0 Å². The highest BCUT2D eigenvalue weighted by atomic mass is 32.2. The summed E-state index contributed by atoms with van der Waals surface area (Å²) in [7, 11) is 3.07. The first kappa shape index (κ1) is 15.6. The minimum atomic E-state index is -0.0991. The van der Waals surface area contributed by atoms with E-state index in [9.17, 15) is 4.79 Å². The van der Waals surface area contributed by atoms with Gasteiger partial charge in [-0.1, -0.05) is 23.9 Å². The van der Waals surface area contributed by atoms with Crippen molar-refractivity contribution in [2.24, 2.45) is 0 Å². The highest BCUT2D eigenvalue weighted by Crippen LogP contribution is 2.24. The van der Waals surface area contributed by atoms with Gasteiger partial charge in [0.25, 0.3) is 5.91 Å². The van der Waals surface area contributed by atoms with Crippen molar-refractivity contribution >= 4 is 17.7 Å². The number of rotatable bonds is 5. The van der Waals surface area contributed by atoms with E-state index >= 15 is 0 Å². The second kappa shape index (κ2) is 6.78. The summed E-state index contributed by atoms with van der Waals surface area (Å²) in [6, 6.07) is 6.16. The van der Waals surface area contributed by atoms with Crippen LogP contribution in [0.25, 0.3) is 5.69 Å². The Labute approximate surface area is 128 Å². The standard InChI is InChI=1S/C15H19N3O2S/c1-11-6-5-7-13(12(11)2)18-9-8-16-15(18)21-10-14(19)17(3)20-4/h5-9H,10H2,1-4H3. The summed E-state index contributed by atoms with van der Waals surface area (Å²) in [5.74, 6) is 0.185. The molecule has 6 heteroatoms. The molecule has 0 saturated heterocycles. The summed E-state index contributed by atoms with van der Waals surface area (Å²) in [6.07, 6.45) is 3.66. The molecule has 0 radical (unpaired) electrons. The summed E-state index contributed by atoms with van der Waals surface area (Å²) >= 11 is 1.40. The van der Waals surface area contributed by atoms with Crippen LogP contribution in [0.2, 0.25) is 0 Å². The average Bonchev–Trinajstić information content (AvgIpc) is 2.95. The summed E-state index contributed by atoms with van der Waals surface area (Å²) in [5.41, 5.74) is 3.52. The van der Waals surface area contributed by atoms with Crippen molar-refractivity contribution in [2.75, 3.05) is 19.9 Å². The van der Waals surface area contributed by atoms with Gasteiger partial charge in [0.1, 0.15) is 0 Å². The first-order chi connectivity index (χ1) is 10.0. The Hall–Kier alpha value is -1.79. The van der Waals surface area contributed by atoms with E-state index in [-0.39, 0.29) is 11.7 Å². The molecule has 1 aromatic heterocycles. The molecule has 112 valence electrons. The first-order valence-corrected chi connectivity index (χ1v) is 7.56. The van der Waals surface area contributed by atoms with E-state index in [0.717, 1.165) is 10.8 Å². The van der Waals surface area contributed by atoms with Gasteiger partial charge in [-0.15, -0.1) is 0 Å². The Morgan fingerprint density at radius 3 is 2.90 bits per heavy atom. The maximum absolute atomic E-state index is 11.8. The molecule has 0 saturated carbocycles. The molecule has 2 aromatic rings. The Morgan fingerprint density at radius 2 is 2.19 bits per heavy atom. The number of aromatic nitrogens is 2. The number of hydrogen-bond acceptors (Lipinski definition) is 4. The second-order valence-corrected chi connectivity index (χ2v) is 5.60. The molecule has 1 heterocycles. The van der Waals surface area contributed by atoms with Crippen LogP contribution >= 0.6 is 11.8 Å². The lowest BCUT2D eigenvalue weighted by molar-refractivity contribution is -0.165. The zero-order valence-corrected chi connectivity index (χ0v) is 13.5. The summed E-state index contributed by atoms with van der Waals surface area (Å²) in [6.45, 7) is 4.17. The first-order valence-electron chi connectivity index (χ1n) is 6.58. The van der Waals surface area contributed by atoms with Crippen LogP contribution in [0.4, 0.5) is 0 Å². The number of carbonyl (C=O) groups excluding carboxylic acids is 1. The van der Waals surface area contributed by atoms with Crippen molar-refractivity contribution in [3.05, 3.63) is 41.7 Å². The van der Waals surface area contributed by atoms with E-state index in [1.807, 2.05) is 16.8 Å². The van der Waals surface area contributed by atoms with Gasteiger partial charge in [-0.05, 0) is 31.0 Å². The molecular formula is C15H19N3O2S. The fraction of sp³-hybridized carbons (Fsp3) is 0.333. The lowest BCUT2D eigenvalue weighted by Crippen LogP contribution is -2.27. The van der Waals surface area contributed by atoms with Crippen molar-refractivity contribution in [3.63, 3.8) is 0 Å². The van der Waals surface area contributed by atoms with Gasteiger partial charge < -0.3 is 0 Å². The topological polar surface area (TPSA) is 47.4 Å². The zero-order chi connectivity index (χ0) is 15.4. The molecule has 0 atom stereocenters. The predicted octanol–water partition coefficient (Wildman–Crippen LogP) is 2.60. The summed E-state index contributed by atoms with van der Waals surface area (Å²) in [5, 5.41) is 2.01. The highest BCUT2D eigenvalue weighted by Gasteiger charge is 2.13. The van der Waals surface area contributed by atoms with Crippen molar-refractivity contribution in [3.8, 4) is 5.69 Å². The number of hydroxylamine groups is 2. The Bertz CT molecular complexity index is 640. The number of benzene rings is 1. The molecule has 0 spiro atoms. The lowest BCUT2D eigenvalue weighted by Gasteiger charge is -2.14. The van der Waals surface area contributed by atoms with Crippen LogP contribution in [-0.2, 0) is 9.63 Å². The minimum Gasteiger partial charge on any atom is -0.295 e. The number of imidazole rings is 1. The number of amides is 1. The third-order valence-corrected chi connectivity index (χ3v) is 4.34. The largest absolute Gasteiger partial charge is 0.295 e. The molecule has 0 fully saturated rings. The van der Waals surface area contributed by atoms with Crippen LogP contribution in [0.15, 0.2) is 35.7 Å². The van der Waals surface area contributed by atoms with Gasteiger partial charge in [-0.2, -0.15) is 0 Å². The molecule has 0 N–H and O–H groups in total. The van der Waals surface area contributed by atoms with Crippen molar-refractivity contribution in [1.29, 1.82) is 0 Å². The third kappa shape index (κ3) is 3.46. The van der Waals surface area contributed by atoms with Crippen LogP contribution in [0.5, 0.6) is 0 Å². The molecule has 21 heavy (non-hydrogen) atoms. The number of thioether (sulfide) groups is 1. The minimum absolute atomic E-state index is 0.0991. The van der Waals surface area contributed by atoms with Gasteiger partial charge >= 0.3 is 0 Å². The monoisotopic (exact) mass is 305 g/mol. The second-order valence-electron chi connectivity index (χ2n) is 4.66. The normalized spacial score (nSPS) is 10.7. The fourth-order valence-corrected chi connectivity index (χ4v) is 2.76. The van der Waals surface area contributed by atoms with Gasteiger partial charge in [0.15, 0.2) is 5.16 Å². The smallest absolute Gasteiger partial charge is 0.256 e. The Kier molecular flexibility index (Phi) is 5.03. The summed E-state index contributed by atoms with van der Waals surface area (Å²) in [4.78, 5) is 21.0. The van der Waals surface area contributed by atoms with Crippen LogP contribution in [0.1, 0.15) is 11.1 Å². The Balaban J connectivity index is 2.19. The molecule has 1 aromatic carbocycles. The SMILES string of the molecule is CON(C)C(=O)CSc1nccn1-c1cccc(C)c1C. The molecular weight excluding hydrogens is 286 g/mol. The highest BCUT2D eigenvalue weighted by molar-refractivity contribution is 7.99. The van der Waals surface area contributed by atoms with Crippen LogP contribution in [-0.4, -0.2) is 40.4 Å². The van der Waals surface area contributed by atoms with Gasteiger partial charge in [-0.3, -0.25) is 14.2 Å². The van der Waals surface area contributed by atoms with Crippen LogP contribution < -0.4 is 0 Å².